The van der Waals surface area contributed by atoms with E-state index in [2.05, 4.69) is 15.3 Å². The first-order chi connectivity index (χ1) is 7.66. The first kappa shape index (κ1) is 9.73. The highest BCUT2D eigenvalue weighted by Crippen LogP contribution is 2.36. The number of nitrogen functional groups attached to an aromatic ring is 1. The Morgan fingerprint density at radius 2 is 2.12 bits per heavy atom. The van der Waals surface area contributed by atoms with Crippen molar-refractivity contribution in [1.29, 1.82) is 0 Å². The molecule has 0 aliphatic rings. The van der Waals surface area contributed by atoms with Crippen molar-refractivity contribution in [3.05, 3.63) is 16.8 Å². The number of thiophene rings is 1. The van der Waals surface area contributed by atoms with Crippen LogP contribution in [0.2, 0.25) is 0 Å². The lowest BCUT2D eigenvalue weighted by Crippen LogP contribution is -1.90. The summed E-state index contributed by atoms with van der Waals surface area (Å²) < 4.78 is 1.74. The van der Waals surface area contributed by atoms with Gasteiger partial charge in [-0.05, 0) is 24.8 Å². The second-order valence-electron chi connectivity index (χ2n) is 3.51. The second kappa shape index (κ2) is 3.26. The number of nitrogens with two attached hydrogens (primary N) is 1. The fourth-order valence-electron chi connectivity index (χ4n) is 1.43. The quantitative estimate of drug-likeness (QED) is 0.719. The number of nitrogens with zero attached hydrogens (tertiary/aromatic N) is 4. The monoisotopic (exact) mass is 251 g/mol. The summed E-state index contributed by atoms with van der Waals surface area (Å²) in [7, 11) is 0. The molecule has 2 N–H and O–H groups in total. The zero-order chi connectivity index (χ0) is 11.3. The third kappa shape index (κ3) is 1.25. The molecule has 3 aromatic rings. The topological polar surface area (TPSA) is 69.1 Å². The summed E-state index contributed by atoms with van der Waals surface area (Å²) in [5, 5.41) is 15.4. The van der Waals surface area contributed by atoms with E-state index in [0.717, 1.165) is 31.9 Å². The molecule has 16 heavy (non-hydrogen) atoms. The largest absolute Gasteiger partial charge is 0.397 e. The summed E-state index contributed by atoms with van der Waals surface area (Å²) in [6.07, 6.45) is 0. The van der Waals surface area contributed by atoms with Gasteiger partial charge in [-0.2, -0.15) is 9.61 Å². The predicted octanol–water partition coefficient (Wildman–Crippen LogP) is 2.11. The molecule has 0 radical (unpaired) electrons. The molecule has 3 heterocycles. The molecule has 0 spiro atoms. The normalized spacial score (nSPS) is 11.4. The number of aromatic nitrogens is 4. The van der Waals surface area contributed by atoms with E-state index in [1.54, 1.807) is 15.9 Å². The summed E-state index contributed by atoms with van der Waals surface area (Å²) in [6.45, 7) is 3.88. The Morgan fingerprint density at radius 3 is 2.75 bits per heavy atom. The average Bonchev–Trinajstić information content (AvgIpc) is 2.88. The van der Waals surface area contributed by atoms with Crippen LogP contribution in [0.1, 0.15) is 11.4 Å². The maximum atomic E-state index is 6.00. The van der Waals surface area contributed by atoms with Crippen LogP contribution >= 0.6 is 22.7 Å². The number of anilines is 1. The maximum absolute atomic E-state index is 6.00. The van der Waals surface area contributed by atoms with Gasteiger partial charge in [0.05, 0.1) is 10.6 Å². The van der Waals surface area contributed by atoms with Gasteiger partial charge in [-0.1, -0.05) is 11.3 Å². The van der Waals surface area contributed by atoms with Crippen LogP contribution in [-0.2, 0) is 0 Å². The Bertz CT molecular complexity index is 663. The van der Waals surface area contributed by atoms with Crippen molar-refractivity contribution in [3.63, 3.8) is 0 Å². The molecule has 0 saturated heterocycles. The van der Waals surface area contributed by atoms with Gasteiger partial charge in [-0.25, -0.2) is 0 Å². The van der Waals surface area contributed by atoms with Crippen molar-refractivity contribution in [1.82, 2.24) is 19.8 Å². The lowest BCUT2D eigenvalue weighted by molar-refractivity contribution is 0.898. The summed E-state index contributed by atoms with van der Waals surface area (Å²) in [5.41, 5.74) is 7.91. The van der Waals surface area contributed by atoms with Crippen molar-refractivity contribution < 1.29 is 0 Å². The van der Waals surface area contributed by atoms with Gasteiger partial charge in [-0.15, -0.1) is 21.5 Å². The van der Waals surface area contributed by atoms with E-state index in [-0.39, 0.29) is 0 Å². The molecule has 0 atom stereocenters. The molecular formula is C9H9N5S2. The van der Waals surface area contributed by atoms with E-state index < -0.39 is 0 Å². The molecular weight excluding hydrogens is 242 g/mol. The van der Waals surface area contributed by atoms with Crippen LogP contribution in [-0.4, -0.2) is 19.8 Å². The predicted molar refractivity (Wildman–Crippen MR) is 65.9 cm³/mol. The molecule has 0 fully saturated rings. The molecule has 0 aliphatic heterocycles. The summed E-state index contributed by atoms with van der Waals surface area (Å²) in [4.78, 5) is 1.82. The number of hydrogen-bond donors (Lipinski definition) is 1. The third-order valence-electron chi connectivity index (χ3n) is 2.36. The lowest BCUT2D eigenvalue weighted by atomic mass is 10.3. The molecule has 0 aromatic carbocycles. The van der Waals surface area contributed by atoms with Gasteiger partial charge in [0.2, 0.25) is 4.96 Å². The molecule has 0 saturated carbocycles. The van der Waals surface area contributed by atoms with E-state index in [1.807, 2.05) is 19.2 Å². The molecule has 7 heteroatoms. The van der Waals surface area contributed by atoms with E-state index in [1.165, 1.54) is 11.3 Å². The van der Waals surface area contributed by atoms with Crippen LogP contribution in [0.25, 0.3) is 14.8 Å². The van der Waals surface area contributed by atoms with Crippen LogP contribution < -0.4 is 5.73 Å². The molecule has 5 nitrogen and oxygen atoms in total. The lowest BCUT2D eigenvalue weighted by Gasteiger charge is -1.93. The SMILES string of the molecule is Cc1csc(-c2nn3c(C)nnc3s2)c1N. The van der Waals surface area contributed by atoms with Crippen LogP contribution in [0.3, 0.4) is 0 Å². The zero-order valence-corrected chi connectivity index (χ0v) is 10.4. The highest BCUT2D eigenvalue weighted by molar-refractivity contribution is 7.24. The maximum Gasteiger partial charge on any atom is 0.234 e. The Balaban J connectivity index is 2.22. The molecule has 3 rings (SSSR count). The van der Waals surface area contributed by atoms with Gasteiger partial charge in [0.1, 0.15) is 0 Å². The highest BCUT2D eigenvalue weighted by Gasteiger charge is 2.14. The van der Waals surface area contributed by atoms with Gasteiger partial charge in [0.25, 0.3) is 0 Å². The first-order valence-corrected chi connectivity index (χ1v) is 6.39. The highest BCUT2D eigenvalue weighted by atomic mass is 32.1. The van der Waals surface area contributed by atoms with E-state index in [9.17, 15) is 0 Å². The van der Waals surface area contributed by atoms with E-state index in [4.69, 9.17) is 5.73 Å². The zero-order valence-electron chi connectivity index (χ0n) is 8.76. The van der Waals surface area contributed by atoms with Gasteiger partial charge >= 0.3 is 0 Å². The van der Waals surface area contributed by atoms with Gasteiger partial charge in [-0.3, -0.25) is 0 Å². The Labute approximate surface area is 99.6 Å². The van der Waals surface area contributed by atoms with Crippen molar-refractivity contribution in [2.24, 2.45) is 0 Å². The molecule has 82 valence electrons. The Hall–Kier alpha value is -1.47. The third-order valence-corrected chi connectivity index (χ3v) is 4.53. The van der Waals surface area contributed by atoms with Crippen LogP contribution in [0.15, 0.2) is 5.38 Å². The smallest absolute Gasteiger partial charge is 0.234 e. The van der Waals surface area contributed by atoms with Crippen LogP contribution in [0.4, 0.5) is 5.69 Å². The minimum atomic E-state index is 0.796. The molecule has 0 unspecified atom stereocenters. The van der Waals surface area contributed by atoms with Gasteiger partial charge < -0.3 is 5.73 Å². The number of aryl methyl sites for hydroxylation is 2. The minimum absolute atomic E-state index is 0.796. The number of rotatable bonds is 1. The Kier molecular flexibility index (Phi) is 1.98. The first-order valence-electron chi connectivity index (χ1n) is 4.69. The minimum Gasteiger partial charge on any atom is -0.397 e. The second-order valence-corrected chi connectivity index (χ2v) is 5.35. The number of fused-ring (bicyclic) bond motifs is 1. The Morgan fingerprint density at radius 1 is 1.31 bits per heavy atom. The molecule has 0 bridgehead atoms. The summed E-state index contributed by atoms with van der Waals surface area (Å²) >= 11 is 3.12. The fraction of sp³-hybridized carbons (Fsp3) is 0.222. The molecule has 3 aromatic heterocycles. The number of hydrogen-bond acceptors (Lipinski definition) is 6. The molecule has 0 aliphatic carbocycles. The van der Waals surface area contributed by atoms with Gasteiger partial charge in [0, 0.05) is 0 Å². The summed E-state index contributed by atoms with van der Waals surface area (Å²) in [5.74, 6) is 0.796. The van der Waals surface area contributed by atoms with Crippen molar-refractivity contribution in [3.8, 4) is 9.88 Å². The average molecular weight is 251 g/mol. The van der Waals surface area contributed by atoms with Crippen LogP contribution in [0.5, 0.6) is 0 Å². The van der Waals surface area contributed by atoms with Gasteiger partial charge in [0.15, 0.2) is 10.8 Å². The molecule has 0 amide bonds. The fourth-order valence-corrected chi connectivity index (χ4v) is 3.39. The van der Waals surface area contributed by atoms with E-state index in [0.29, 0.717) is 0 Å². The van der Waals surface area contributed by atoms with Crippen molar-refractivity contribution in [2.45, 2.75) is 13.8 Å². The van der Waals surface area contributed by atoms with Crippen molar-refractivity contribution in [2.75, 3.05) is 5.73 Å². The van der Waals surface area contributed by atoms with E-state index >= 15 is 0 Å². The van der Waals surface area contributed by atoms with Crippen LogP contribution in [0, 0.1) is 13.8 Å². The van der Waals surface area contributed by atoms with Crippen molar-refractivity contribution >= 4 is 33.3 Å². The standard InChI is InChI=1S/C9H9N5S2/c1-4-3-15-7(6(4)10)8-13-14-5(2)11-12-9(14)16-8/h3H,10H2,1-2H3. The summed E-state index contributed by atoms with van der Waals surface area (Å²) in [6, 6.07) is 0.